The number of rotatable bonds is 5. The fourth-order valence-electron chi connectivity index (χ4n) is 3.08. The SMILES string of the molecule is CC(C)N1CCC(COc2ccc(C3=NCC(=O)C=C3)cn2)CC1. The van der Waals surface area contributed by atoms with Gasteiger partial charge in [-0.3, -0.25) is 9.79 Å². The number of likely N-dealkylation sites (tertiary alicyclic amines) is 1. The summed E-state index contributed by atoms with van der Waals surface area (Å²) in [6.07, 6.45) is 7.44. The van der Waals surface area contributed by atoms with Crippen molar-refractivity contribution in [2.45, 2.75) is 32.7 Å². The number of hydrogen-bond acceptors (Lipinski definition) is 5. The molecule has 0 aromatic carbocycles. The van der Waals surface area contributed by atoms with E-state index in [0.717, 1.165) is 31.0 Å². The Hall–Kier alpha value is -2.01. The molecule has 2 aliphatic rings. The van der Waals surface area contributed by atoms with Gasteiger partial charge < -0.3 is 9.64 Å². The second-order valence-corrected chi connectivity index (χ2v) is 6.77. The zero-order valence-electron chi connectivity index (χ0n) is 14.4. The Labute approximate surface area is 143 Å². The standard InChI is InChI=1S/C19H25N3O2/c1-14(2)22-9-7-15(8-10-22)13-24-19-6-3-16(11-21-19)18-5-4-17(23)12-20-18/h3-6,11,14-15H,7-10,12-13H2,1-2H3. The van der Waals surface area contributed by atoms with Crippen molar-refractivity contribution in [3.05, 3.63) is 36.0 Å². The molecule has 5 heteroatoms. The van der Waals surface area contributed by atoms with Crippen LogP contribution in [0.3, 0.4) is 0 Å². The molecule has 5 nitrogen and oxygen atoms in total. The summed E-state index contributed by atoms with van der Waals surface area (Å²) in [5.74, 6) is 1.30. The first-order valence-electron chi connectivity index (χ1n) is 8.70. The Morgan fingerprint density at radius 3 is 2.62 bits per heavy atom. The quantitative estimate of drug-likeness (QED) is 0.834. The van der Waals surface area contributed by atoms with E-state index in [9.17, 15) is 4.79 Å². The molecule has 1 aromatic rings. The molecule has 0 atom stereocenters. The van der Waals surface area contributed by atoms with E-state index in [1.807, 2.05) is 12.1 Å². The number of hydrogen-bond donors (Lipinski definition) is 0. The minimum absolute atomic E-state index is 0.0372. The normalized spacial score (nSPS) is 19.6. The maximum atomic E-state index is 11.2. The van der Waals surface area contributed by atoms with E-state index in [1.165, 1.54) is 12.8 Å². The van der Waals surface area contributed by atoms with Crippen LogP contribution >= 0.6 is 0 Å². The molecule has 3 rings (SSSR count). The third-order valence-electron chi connectivity index (χ3n) is 4.71. The van der Waals surface area contributed by atoms with Crippen LogP contribution in [-0.4, -0.2) is 53.7 Å². The maximum Gasteiger partial charge on any atom is 0.213 e. The van der Waals surface area contributed by atoms with Crippen LogP contribution in [0.15, 0.2) is 35.5 Å². The highest BCUT2D eigenvalue weighted by molar-refractivity contribution is 6.14. The molecule has 2 aliphatic heterocycles. The number of dihydropyridines is 1. The summed E-state index contributed by atoms with van der Waals surface area (Å²) in [5, 5.41) is 0. The van der Waals surface area contributed by atoms with Crippen molar-refractivity contribution in [3.63, 3.8) is 0 Å². The van der Waals surface area contributed by atoms with Gasteiger partial charge in [0.25, 0.3) is 0 Å². The van der Waals surface area contributed by atoms with Gasteiger partial charge in [0.15, 0.2) is 5.78 Å². The molecule has 0 spiro atoms. The van der Waals surface area contributed by atoms with Gasteiger partial charge in [0, 0.05) is 23.9 Å². The summed E-state index contributed by atoms with van der Waals surface area (Å²) in [6, 6.07) is 4.46. The molecule has 3 heterocycles. The number of aromatic nitrogens is 1. The maximum absolute atomic E-state index is 11.2. The molecule has 24 heavy (non-hydrogen) atoms. The first kappa shape index (κ1) is 16.8. The largest absolute Gasteiger partial charge is 0.477 e. The van der Waals surface area contributed by atoms with Crippen molar-refractivity contribution in [2.75, 3.05) is 26.2 Å². The number of aliphatic imine (C=N–C) groups is 1. The van der Waals surface area contributed by atoms with Crippen molar-refractivity contribution in [3.8, 4) is 5.88 Å². The number of carbonyl (C=O) groups excluding carboxylic acids is 1. The molecule has 1 saturated heterocycles. The Kier molecular flexibility index (Phi) is 5.41. The van der Waals surface area contributed by atoms with Gasteiger partial charge in [-0.15, -0.1) is 0 Å². The number of ether oxygens (including phenoxy) is 1. The fraction of sp³-hybridized carbons (Fsp3) is 0.526. The van der Waals surface area contributed by atoms with Crippen molar-refractivity contribution in [1.29, 1.82) is 0 Å². The van der Waals surface area contributed by atoms with E-state index in [0.29, 0.717) is 17.8 Å². The Bertz CT molecular complexity index is 627. The predicted octanol–water partition coefficient (Wildman–Crippen LogP) is 2.51. The smallest absolute Gasteiger partial charge is 0.213 e. The number of piperidine rings is 1. The number of nitrogens with zero attached hydrogens (tertiary/aromatic N) is 3. The topological polar surface area (TPSA) is 54.8 Å². The lowest BCUT2D eigenvalue weighted by Gasteiger charge is -2.34. The molecule has 0 aliphatic carbocycles. The highest BCUT2D eigenvalue weighted by Gasteiger charge is 2.21. The van der Waals surface area contributed by atoms with E-state index in [2.05, 4.69) is 28.7 Å². The molecular formula is C19H25N3O2. The fourth-order valence-corrected chi connectivity index (χ4v) is 3.08. The van der Waals surface area contributed by atoms with Gasteiger partial charge in [-0.1, -0.05) is 0 Å². The second kappa shape index (κ2) is 7.71. The summed E-state index contributed by atoms with van der Waals surface area (Å²) in [6.45, 7) is 7.77. The van der Waals surface area contributed by atoms with Crippen LogP contribution in [0.1, 0.15) is 32.3 Å². The Balaban J connectivity index is 1.49. The lowest BCUT2D eigenvalue weighted by Crippen LogP contribution is -2.39. The summed E-state index contributed by atoms with van der Waals surface area (Å²) < 4.78 is 5.86. The molecule has 0 N–H and O–H groups in total. The van der Waals surface area contributed by atoms with Gasteiger partial charge in [-0.2, -0.15) is 0 Å². The Morgan fingerprint density at radius 1 is 1.25 bits per heavy atom. The third-order valence-corrected chi connectivity index (χ3v) is 4.71. The van der Waals surface area contributed by atoms with Gasteiger partial charge in [0.2, 0.25) is 5.88 Å². The molecule has 0 amide bonds. The lowest BCUT2D eigenvalue weighted by molar-refractivity contribution is -0.113. The third kappa shape index (κ3) is 4.29. The van der Waals surface area contributed by atoms with Gasteiger partial charge in [-0.05, 0) is 63.9 Å². The van der Waals surface area contributed by atoms with Gasteiger partial charge >= 0.3 is 0 Å². The van der Waals surface area contributed by atoms with Crippen LogP contribution in [-0.2, 0) is 4.79 Å². The van der Waals surface area contributed by atoms with Crippen LogP contribution in [0, 0.1) is 5.92 Å². The first-order valence-corrected chi connectivity index (χ1v) is 8.70. The van der Waals surface area contributed by atoms with E-state index in [1.54, 1.807) is 18.3 Å². The zero-order valence-corrected chi connectivity index (χ0v) is 14.4. The van der Waals surface area contributed by atoms with Crippen LogP contribution in [0.4, 0.5) is 0 Å². The van der Waals surface area contributed by atoms with Crippen molar-refractivity contribution in [2.24, 2.45) is 10.9 Å². The monoisotopic (exact) mass is 327 g/mol. The second-order valence-electron chi connectivity index (χ2n) is 6.77. The molecule has 1 fully saturated rings. The van der Waals surface area contributed by atoms with Crippen LogP contribution in [0.5, 0.6) is 5.88 Å². The van der Waals surface area contributed by atoms with Crippen molar-refractivity contribution in [1.82, 2.24) is 9.88 Å². The number of ketones is 1. The number of pyridine rings is 1. The van der Waals surface area contributed by atoms with Crippen LogP contribution in [0.25, 0.3) is 0 Å². The molecular weight excluding hydrogens is 302 g/mol. The minimum Gasteiger partial charge on any atom is -0.477 e. The van der Waals surface area contributed by atoms with E-state index in [4.69, 9.17) is 4.74 Å². The van der Waals surface area contributed by atoms with Gasteiger partial charge in [0.1, 0.15) is 6.54 Å². The summed E-state index contributed by atoms with van der Waals surface area (Å²) in [7, 11) is 0. The van der Waals surface area contributed by atoms with Gasteiger partial charge in [-0.25, -0.2) is 4.98 Å². The minimum atomic E-state index is 0.0372. The van der Waals surface area contributed by atoms with E-state index in [-0.39, 0.29) is 12.3 Å². The van der Waals surface area contributed by atoms with E-state index < -0.39 is 0 Å². The molecule has 128 valence electrons. The van der Waals surface area contributed by atoms with Crippen LogP contribution in [0.2, 0.25) is 0 Å². The van der Waals surface area contributed by atoms with Gasteiger partial charge in [0.05, 0.1) is 12.3 Å². The summed E-state index contributed by atoms with van der Waals surface area (Å²) >= 11 is 0. The van der Waals surface area contributed by atoms with E-state index >= 15 is 0 Å². The molecule has 0 bridgehead atoms. The lowest BCUT2D eigenvalue weighted by atomic mass is 9.97. The highest BCUT2D eigenvalue weighted by Crippen LogP contribution is 2.20. The average Bonchev–Trinajstić information content (AvgIpc) is 2.61. The Morgan fingerprint density at radius 2 is 2.04 bits per heavy atom. The summed E-state index contributed by atoms with van der Waals surface area (Å²) in [4.78, 5) is 22.3. The van der Waals surface area contributed by atoms with Crippen LogP contribution < -0.4 is 4.74 Å². The molecule has 1 aromatic heterocycles. The zero-order chi connectivity index (χ0) is 16.9. The van der Waals surface area contributed by atoms with Crippen molar-refractivity contribution < 1.29 is 9.53 Å². The summed E-state index contributed by atoms with van der Waals surface area (Å²) in [5.41, 5.74) is 1.71. The highest BCUT2D eigenvalue weighted by atomic mass is 16.5. The first-order chi connectivity index (χ1) is 11.6. The molecule has 0 unspecified atom stereocenters. The van der Waals surface area contributed by atoms with Crippen molar-refractivity contribution >= 4 is 11.5 Å². The average molecular weight is 327 g/mol. The predicted molar refractivity (Wildman–Crippen MR) is 94.7 cm³/mol. The molecule has 0 radical (unpaired) electrons. The number of carbonyl (C=O) groups is 1. The molecule has 0 saturated carbocycles. The number of allylic oxidation sites excluding steroid dienone is 1.